The molecule has 1 aliphatic carbocycles. The molecule has 2 aliphatic heterocycles. The van der Waals surface area contributed by atoms with Crippen molar-refractivity contribution in [2.75, 3.05) is 19.9 Å². The minimum Gasteiger partial charge on any atom is -0.454 e. The Kier molecular flexibility index (Phi) is 2.66. The molecule has 2 atom stereocenters. The fraction of sp³-hybridized carbons (Fsp3) is 0.500. The van der Waals surface area contributed by atoms with E-state index in [9.17, 15) is 4.79 Å². The summed E-state index contributed by atoms with van der Waals surface area (Å²) in [6, 6.07) is 5.45. The molecule has 1 amide bonds. The Morgan fingerprint density at radius 3 is 2.77 bits per heavy atom. The molecule has 4 nitrogen and oxygen atoms in total. The first-order valence-electron chi connectivity index (χ1n) is 7.88. The third kappa shape index (κ3) is 1.86. The molecule has 0 saturated carbocycles. The molecule has 2 unspecified atom stereocenters. The van der Waals surface area contributed by atoms with Crippen molar-refractivity contribution in [3.63, 3.8) is 0 Å². The van der Waals surface area contributed by atoms with Crippen LogP contribution < -0.4 is 9.47 Å². The quantitative estimate of drug-likeness (QED) is 0.787. The van der Waals surface area contributed by atoms with Gasteiger partial charge in [-0.2, -0.15) is 0 Å². The highest BCUT2D eigenvalue weighted by atomic mass is 16.7. The van der Waals surface area contributed by atoms with E-state index in [4.69, 9.17) is 9.47 Å². The summed E-state index contributed by atoms with van der Waals surface area (Å²) in [5.74, 6) is 1.46. The number of nitrogens with zero attached hydrogens (tertiary/aromatic N) is 1. The SMILES string of the molecule is CCC1(C)CN(C(=O)c2ccc3c(c2)OCO3)CC2(C)C=C21. The van der Waals surface area contributed by atoms with E-state index >= 15 is 0 Å². The largest absolute Gasteiger partial charge is 0.454 e. The molecule has 0 N–H and O–H groups in total. The first kappa shape index (κ1) is 13.7. The van der Waals surface area contributed by atoms with Crippen molar-refractivity contribution in [2.45, 2.75) is 27.2 Å². The van der Waals surface area contributed by atoms with Crippen LogP contribution in [0.25, 0.3) is 0 Å². The van der Waals surface area contributed by atoms with E-state index in [-0.39, 0.29) is 23.5 Å². The van der Waals surface area contributed by atoms with Gasteiger partial charge in [-0.05, 0) is 24.6 Å². The lowest BCUT2D eigenvalue weighted by Crippen LogP contribution is -2.48. The van der Waals surface area contributed by atoms with E-state index in [0.717, 1.165) is 19.5 Å². The number of amides is 1. The number of ether oxygens (including phenoxy) is 2. The minimum atomic E-state index is 0.0820. The maximum absolute atomic E-state index is 12.9. The van der Waals surface area contributed by atoms with Crippen LogP contribution in [0, 0.1) is 10.8 Å². The monoisotopic (exact) mass is 299 g/mol. The molecule has 1 fully saturated rings. The maximum atomic E-state index is 12.9. The van der Waals surface area contributed by atoms with Gasteiger partial charge in [0.15, 0.2) is 11.5 Å². The number of carbonyl (C=O) groups is 1. The lowest BCUT2D eigenvalue weighted by Gasteiger charge is -2.42. The van der Waals surface area contributed by atoms with Crippen LogP contribution in [0.15, 0.2) is 29.8 Å². The number of carbonyl (C=O) groups excluding carboxylic acids is 1. The van der Waals surface area contributed by atoms with E-state index in [1.165, 1.54) is 5.57 Å². The van der Waals surface area contributed by atoms with Gasteiger partial charge in [0.1, 0.15) is 0 Å². The summed E-state index contributed by atoms with van der Waals surface area (Å²) in [6.07, 6.45) is 3.39. The van der Waals surface area contributed by atoms with Gasteiger partial charge in [-0.25, -0.2) is 0 Å². The van der Waals surface area contributed by atoms with E-state index < -0.39 is 0 Å². The van der Waals surface area contributed by atoms with Gasteiger partial charge < -0.3 is 14.4 Å². The summed E-state index contributed by atoms with van der Waals surface area (Å²) in [4.78, 5) is 14.9. The summed E-state index contributed by atoms with van der Waals surface area (Å²) in [6.45, 7) is 8.51. The zero-order chi connectivity index (χ0) is 15.5. The van der Waals surface area contributed by atoms with Gasteiger partial charge in [0.2, 0.25) is 6.79 Å². The second-order valence-corrected chi connectivity index (χ2v) is 7.12. The molecule has 116 valence electrons. The molecular weight excluding hydrogens is 278 g/mol. The summed E-state index contributed by atoms with van der Waals surface area (Å²) < 4.78 is 10.7. The topological polar surface area (TPSA) is 38.8 Å². The van der Waals surface area contributed by atoms with Crippen molar-refractivity contribution < 1.29 is 14.3 Å². The predicted octanol–water partition coefficient (Wildman–Crippen LogP) is 3.23. The zero-order valence-electron chi connectivity index (χ0n) is 13.3. The van der Waals surface area contributed by atoms with Crippen LogP contribution in [0.3, 0.4) is 0 Å². The predicted molar refractivity (Wildman–Crippen MR) is 83.1 cm³/mol. The summed E-state index contributed by atoms with van der Waals surface area (Å²) in [5.41, 5.74) is 2.42. The van der Waals surface area contributed by atoms with Crippen LogP contribution in [-0.2, 0) is 0 Å². The number of hydrogen-bond donors (Lipinski definition) is 0. The minimum absolute atomic E-state index is 0.0820. The third-order valence-electron chi connectivity index (χ3n) is 5.39. The van der Waals surface area contributed by atoms with Crippen molar-refractivity contribution in [1.29, 1.82) is 0 Å². The van der Waals surface area contributed by atoms with Gasteiger partial charge in [-0.3, -0.25) is 4.79 Å². The molecule has 1 saturated heterocycles. The van der Waals surface area contributed by atoms with Gasteiger partial charge >= 0.3 is 0 Å². The fourth-order valence-electron chi connectivity index (χ4n) is 3.89. The molecule has 4 heteroatoms. The van der Waals surface area contributed by atoms with Crippen LogP contribution in [0.2, 0.25) is 0 Å². The van der Waals surface area contributed by atoms with Gasteiger partial charge in [0.05, 0.1) is 0 Å². The molecule has 0 aromatic heterocycles. The first-order chi connectivity index (χ1) is 10.5. The zero-order valence-corrected chi connectivity index (χ0v) is 13.3. The van der Waals surface area contributed by atoms with Crippen molar-refractivity contribution in [1.82, 2.24) is 4.90 Å². The second-order valence-electron chi connectivity index (χ2n) is 7.12. The molecule has 22 heavy (non-hydrogen) atoms. The highest BCUT2D eigenvalue weighted by molar-refractivity contribution is 5.95. The van der Waals surface area contributed by atoms with E-state index in [2.05, 4.69) is 26.8 Å². The number of benzene rings is 1. The van der Waals surface area contributed by atoms with Gasteiger partial charge in [0, 0.05) is 29.5 Å². The standard InChI is InChI=1S/C18H21NO3/c1-4-17(2)9-19(10-18(3)8-15(17)18)16(20)12-5-6-13-14(7-12)22-11-21-13/h5-8H,4,9-11H2,1-3H3. The highest BCUT2D eigenvalue weighted by Crippen LogP contribution is 2.58. The molecule has 0 radical (unpaired) electrons. The van der Waals surface area contributed by atoms with Gasteiger partial charge in [-0.15, -0.1) is 0 Å². The average Bonchev–Trinajstić information content (AvgIpc) is 3.00. The molecule has 0 spiro atoms. The number of likely N-dealkylation sites (tertiary alicyclic amines) is 1. The summed E-state index contributed by atoms with van der Waals surface area (Å²) in [7, 11) is 0. The lowest BCUT2D eigenvalue weighted by molar-refractivity contribution is 0.0586. The van der Waals surface area contributed by atoms with Crippen LogP contribution in [0.4, 0.5) is 0 Å². The Balaban J connectivity index is 1.60. The molecule has 1 aromatic rings. The Hall–Kier alpha value is -1.97. The summed E-state index contributed by atoms with van der Waals surface area (Å²) >= 11 is 0. The second kappa shape index (κ2) is 4.28. The summed E-state index contributed by atoms with van der Waals surface area (Å²) in [5, 5.41) is 0. The van der Waals surface area contributed by atoms with E-state index in [1.807, 2.05) is 17.0 Å². The lowest BCUT2D eigenvalue weighted by atomic mass is 9.75. The molecular formula is C18H21NO3. The van der Waals surface area contributed by atoms with Crippen molar-refractivity contribution in [2.24, 2.45) is 10.8 Å². The van der Waals surface area contributed by atoms with E-state index in [1.54, 1.807) is 6.07 Å². The number of hydrogen-bond acceptors (Lipinski definition) is 3. The Morgan fingerprint density at radius 2 is 2.00 bits per heavy atom. The first-order valence-corrected chi connectivity index (χ1v) is 7.88. The maximum Gasteiger partial charge on any atom is 0.254 e. The van der Waals surface area contributed by atoms with E-state index in [0.29, 0.717) is 17.1 Å². The highest BCUT2D eigenvalue weighted by Gasteiger charge is 2.54. The molecule has 4 rings (SSSR count). The van der Waals surface area contributed by atoms with Crippen LogP contribution in [0.1, 0.15) is 37.6 Å². The molecule has 3 aliphatic rings. The Labute approximate surface area is 130 Å². The average molecular weight is 299 g/mol. The van der Waals surface area contributed by atoms with Crippen LogP contribution in [-0.4, -0.2) is 30.7 Å². The van der Waals surface area contributed by atoms with Crippen molar-refractivity contribution in [3.8, 4) is 11.5 Å². The smallest absolute Gasteiger partial charge is 0.254 e. The van der Waals surface area contributed by atoms with Crippen molar-refractivity contribution >= 4 is 5.91 Å². The molecule has 0 bridgehead atoms. The van der Waals surface area contributed by atoms with Crippen molar-refractivity contribution in [3.05, 3.63) is 35.4 Å². The normalized spacial score (nSPS) is 31.6. The number of piperidine rings is 1. The fourth-order valence-corrected chi connectivity index (χ4v) is 3.89. The number of fused-ring (bicyclic) bond motifs is 2. The van der Waals surface area contributed by atoms with Crippen LogP contribution in [0.5, 0.6) is 11.5 Å². The Bertz CT molecular complexity index is 696. The van der Waals surface area contributed by atoms with Crippen LogP contribution >= 0.6 is 0 Å². The van der Waals surface area contributed by atoms with Gasteiger partial charge in [-0.1, -0.05) is 32.4 Å². The van der Waals surface area contributed by atoms with Gasteiger partial charge in [0.25, 0.3) is 5.91 Å². The molecule has 2 heterocycles. The molecule has 1 aromatic carbocycles. The number of rotatable bonds is 2. The third-order valence-corrected chi connectivity index (χ3v) is 5.39. The Morgan fingerprint density at radius 1 is 1.23 bits per heavy atom.